The zero-order valence-electron chi connectivity index (χ0n) is 21.9. The third kappa shape index (κ3) is 9.11. The minimum atomic E-state index is 0. The van der Waals surface area contributed by atoms with Gasteiger partial charge in [0.05, 0.1) is 0 Å². The largest absolute Gasteiger partial charge is 4.00 e. The molecule has 6 rings (SSSR count). The van der Waals surface area contributed by atoms with Crippen LogP contribution in [0.4, 0.5) is 0 Å². The quantitative estimate of drug-likeness (QED) is 0.213. The molecule has 0 heterocycles. The fraction of sp³-hybridized carbons (Fsp3) is 0.118. The molecule has 0 amide bonds. The Balaban J connectivity index is 0.000000304. The zero-order valence-corrected chi connectivity index (χ0v) is 25.3. The van der Waals surface area contributed by atoms with Gasteiger partial charge in [0.25, 0.3) is 0 Å². The van der Waals surface area contributed by atoms with Crippen molar-refractivity contribution in [3.8, 4) is 22.3 Å². The van der Waals surface area contributed by atoms with E-state index in [9.17, 15) is 0 Å². The van der Waals surface area contributed by atoms with Crippen molar-refractivity contribution in [1.82, 2.24) is 0 Å². The van der Waals surface area contributed by atoms with Gasteiger partial charge < -0.3 is 9.41 Å². The predicted molar refractivity (Wildman–Crippen MR) is 157 cm³/mol. The number of halogens is 2. The van der Waals surface area contributed by atoms with Gasteiger partial charge in [0, 0.05) is 9.52 Å². The third-order valence-corrected chi connectivity index (χ3v) is 6.95. The van der Waals surface area contributed by atoms with Gasteiger partial charge in [-0.2, -0.15) is 0 Å². The van der Waals surface area contributed by atoms with E-state index in [0.29, 0.717) is 0 Å². The summed E-state index contributed by atoms with van der Waals surface area (Å²) in [6.07, 6.45) is 0. The summed E-state index contributed by atoms with van der Waals surface area (Å²) < 4.78 is 0. The second-order valence-electron chi connectivity index (χ2n) is 8.44. The summed E-state index contributed by atoms with van der Waals surface area (Å²) in [6.45, 7) is 4.45. The van der Waals surface area contributed by atoms with Crippen LogP contribution in [0.5, 0.6) is 0 Å². The SMILES string of the molecule is CC[Si]CC.[F-].[F-].[Zr+4].c1ccc(-c2cc3ccccc3[cH-]2)cc1.c1ccc(-c2cc3ccccc3[cH-]2)cc1. The van der Waals surface area contributed by atoms with Crippen LogP contribution in [-0.4, -0.2) is 9.52 Å². The minimum absolute atomic E-state index is 0. The third-order valence-electron chi connectivity index (χ3n) is 5.95. The number of fused-ring (bicyclic) bond motifs is 2. The molecular formula is C34H32F2SiZr. The van der Waals surface area contributed by atoms with Gasteiger partial charge in [-0.05, 0) is 0 Å². The van der Waals surface area contributed by atoms with Crippen LogP contribution < -0.4 is 9.41 Å². The molecule has 6 aromatic carbocycles. The van der Waals surface area contributed by atoms with E-state index in [-0.39, 0.29) is 35.6 Å². The van der Waals surface area contributed by atoms with Crippen molar-refractivity contribution in [3.63, 3.8) is 0 Å². The normalized spacial score (nSPS) is 9.53. The Hall–Kier alpha value is -2.94. The Bertz CT molecular complexity index is 1260. The molecule has 0 aromatic heterocycles. The zero-order chi connectivity index (χ0) is 24.3. The predicted octanol–water partition coefficient (Wildman–Crippen LogP) is 4.02. The molecule has 0 unspecified atom stereocenters. The molecule has 0 nitrogen and oxygen atoms in total. The fourth-order valence-electron chi connectivity index (χ4n) is 4.15. The molecule has 4 heteroatoms. The molecule has 0 atom stereocenters. The van der Waals surface area contributed by atoms with Crippen molar-refractivity contribution < 1.29 is 35.6 Å². The van der Waals surface area contributed by atoms with Crippen molar-refractivity contribution in [2.45, 2.75) is 25.9 Å². The molecule has 190 valence electrons. The number of hydrogen-bond acceptors (Lipinski definition) is 0. The van der Waals surface area contributed by atoms with E-state index >= 15 is 0 Å². The molecular weight excluding hydrogens is 566 g/mol. The van der Waals surface area contributed by atoms with Crippen molar-refractivity contribution in [2.75, 3.05) is 0 Å². The number of benzene rings is 4. The van der Waals surface area contributed by atoms with Crippen LogP contribution in [-0.2, 0) is 26.2 Å². The summed E-state index contributed by atoms with van der Waals surface area (Å²) >= 11 is 0. The summed E-state index contributed by atoms with van der Waals surface area (Å²) in [4.78, 5) is 0. The van der Waals surface area contributed by atoms with Crippen molar-refractivity contribution in [1.29, 1.82) is 0 Å². The van der Waals surface area contributed by atoms with Gasteiger partial charge in [-0.3, -0.25) is 0 Å². The van der Waals surface area contributed by atoms with Crippen LogP contribution in [0.2, 0.25) is 12.1 Å². The standard InChI is InChI=1S/2C15H11.C4H10Si.2FH.Zr/c2*1-2-6-12(7-3-1)15-10-13-8-4-5-9-14(13)11-15;1-3-5-4-2;;;/h2*1-11H;3-4H2,1-2H3;2*1H;/q2*-1;;;;+4/p-2. The average molecular weight is 598 g/mol. The van der Waals surface area contributed by atoms with E-state index in [1.807, 2.05) is 12.1 Å². The second kappa shape index (κ2) is 17.5. The molecule has 0 fully saturated rings. The Labute approximate surface area is 247 Å². The van der Waals surface area contributed by atoms with Crippen LogP contribution >= 0.6 is 0 Å². The van der Waals surface area contributed by atoms with Gasteiger partial charge in [0.15, 0.2) is 0 Å². The molecule has 0 saturated heterocycles. The van der Waals surface area contributed by atoms with E-state index in [4.69, 9.17) is 0 Å². The molecule has 0 aliphatic carbocycles. The van der Waals surface area contributed by atoms with Crippen molar-refractivity contribution >= 4 is 31.1 Å². The summed E-state index contributed by atoms with van der Waals surface area (Å²) in [5, 5.41) is 5.26. The molecule has 0 bridgehead atoms. The monoisotopic (exact) mass is 596 g/mol. The molecule has 0 saturated carbocycles. The smallest absolute Gasteiger partial charge is 1.00 e. The van der Waals surface area contributed by atoms with E-state index < -0.39 is 0 Å². The second-order valence-corrected chi connectivity index (χ2v) is 10.3. The molecule has 38 heavy (non-hydrogen) atoms. The van der Waals surface area contributed by atoms with Gasteiger partial charge in [-0.1, -0.05) is 134 Å². The first kappa shape index (κ1) is 33.1. The summed E-state index contributed by atoms with van der Waals surface area (Å²) in [7, 11) is 1.20. The summed E-state index contributed by atoms with van der Waals surface area (Å²) in [5.41, 5.74) is 5.18. The van der Waals surface area contributed by atoms with Gasteiger partial charge in [0.1, 0.15) is 0 Å². The Kier molecular flexibility index (Phi) is 15.3. The maximum absolute atomic E-state index is 2.24. The Morgan fingerprint density at radius 2 is 0.842 bits per heavy atom. The maximum atomic E-state index is 2.24. The van der Waals surface area contributed by atoms with Crippen LogP contribution in [0.3, 0.4) is 0 Å². The van der Waals surface area contributed by atoms with Crippen LogP contribution in [0.15, 0.2) is 133 Å². The average Bonchev–Trinajstić information content (AvgIpc) is 3.56. The molecule has 0 spiro atoms. The van der Waals surface area contributed by atoms with Gasteiger partial charge in [-0.15, -0.1) is 69.1 Å². The van der Waals surface area contributed by atoms with E-state index in [0.717, 1.165) is 0 Å². The molecule has 0 aliphatic heterocycles. The number of hydrogen-bond donors (Lipinski definition) is 0. The first-order valence-electron chi connectivity index (χ1n) is 12.4. The first-order valence-corrected chi connectivity index (χ1v) is 13.8. The van der Waals surface area contributed by atoms with Crippen LogP contribution in [0, 0.1) is 0 Å². The molecule has 2 radical (unpaired) electrons. The van der Waals surface area contributed by atoms with Crippen LogP contribution in [0.1, 0.15) is 13.8 Å². The first-order chi connectivity index (χ1) is 17.3. The van der Waals surface area contributed by atoms with Crippen LogP contribution in [0.25, 0.3) is 43.8 Å². The fourth-order valence-corrected chi connectivity index (χ4v) is 4.65. The maximum Gasteiger partial charge on any atom is 4.00 e. The topological polar surface area (TPSA) is 0 Å². The molecule has 0 aliphatic rings. The summed E-state index contributed by atoms with van der Waals surface area (Å²) in [5.74, 6) is 0. The minimum Gasteiger partial charge on any atom is -1.00 e. The van der Waals surface area contributed by atoms with E-state index in [2.05, 4.69) is 135 Å². The van der Waals surface area contributed by atoms with Crippen molar-refractivity contribution in [3.05, 3.63) is 133 Å². The van der Waals surface area contributed by atoms with Gasteiger partial charge in [0.2, 0.25) is 0 Å². The Morgan fingerprint density at radius 3 is 1.16 bits per heavy atom. The van der Waals surface area contributed by atoms with E-state index in [1.165, 1.54) is 65.4 Å². The summed E-state index contributed by atoms with van der Waals surface area (Å²) in [6, 6.07) is 49.6. The number of rotatable bonds is 4. The van der Waals surface area contributed by atoms with Crippen molar-refractivity contribution in [2.24, 2.45) is 0 Å². The molecule has 6 aromatic rings. The Morgan fingerprint density at radius 1 is 0.500 bits per heavy atom. The van der Waals surface area contributed by atoms with Gasteiger partial charge in [-0.25, -0.2) is 0 Å². The van der Waals surface area contributed by atoms with Gasteiger partial charge >= 0.3 is 26.2 Å². The van der Waals surface area contributed by atoms with E-state index in [1.54, 1.807) is 0 Å². The molecule has 0 N–H and O–H groups in total.